The van der Waals surface area contributed by atoms with Gasteiger partial charge >= 0.3 is 6.11 Å². The Labute approximate surface area is 207 Å². The Kier molecular flexibility index (Phi) is 7.77. The molecule has 1 aliphatic rings. The Bertz CT molecular complexity index is 1240. The van der Waals surface area contributed by atoms with Crippen molar-refractivity contribution in [1.82, 2.24) is 0 Å². The van der Waals surface area contributed by atoms with E-state index < -0.39 is 63.5 Å². The molecule has 0 aromatic heterocycles. The zero-order chi connectivity index (χ0) is 26.9. The van der Waals surface area contributed by atoms with Crippen LogP contribution in [0.1, 0.15) is 42.7 Å². The van der Waals surface area contributed by atoms with Gasteiger partial charge in [0.25, 0.3) is 0 Å². The first-order valence-corrected chi connectivity index (χ1v) is 11.5. The summed E-state index contributed by atoms with van der Waals surface area (Å²) in [5, 5.41) is 0. The van der Waals surface area contributed by atoms with Gasteiger partial charge in [-0.05, 0) is 85.0 Å². The van der Waals surface area contributed by atoms with Crippen molar-refractivity contribution in [3.8, 4) is 16.9 Å². The van der Waals surface area contributed by atoms with Crippen LogP contribution in [0, 0.1) is 40.8 Å². The SMILES string of the molecule is COCC1CCC(c2cc(F)c(C(F)(F)Oc3ccc(-c4cc(F)c(F)c(F)c4)c(F)c3)c(F)c2)CC1. The van der Waals surface area contributed by atoms with E-state index in [4.69, 9.17) is 4.74 Å². The number of hydrogen-bond acceptors (Lipinski definition) is 2. The van der Waals surface area contributed by atoms with E-state index >= 15 is 0 Å². The van der Waals surface area contributed by atoms with Crippen LogP contribution in [0.25, 0.3) is 11.1 Å². The third-order valence-corrected chi connectivity index (χ3v) is 6.56. The molecule has 1 fully saturated rings. The average molecular weight is 530 g/mol. The summed E-state index contributed by atoms with van der Waals surface area (Å²) >= 11 is 0. The van der Waals surface area contributed by atoms with Crippen molar-refractivity contribution < 1.29 is 44.6 Å². The van der Waals surface area contributed by atoms with Gasteiger partial charge in [0.1, 0.15) is 28.8 Å². The summed E-state index contributed by atoms with van der Waals surface area (Å²) in [5.41, 5.74) is -2.19. The molecule has 0 amide bonds. The number of methoxy groups -OCH3 is 1. The first-order valence-electron chi connectivity index (χ1n) is 11.5. The second-order valence-electron chi connectivity index (χ2n) is 9.05. The second kappa shape index (κ2) is 10.7. The molecule has 0 heterocycles. The normalized spacial score (nSPS) is 18.2. The molecule has 0 unspecified atom stereocenters. The van der Waals surface area contributed by atoms with Crippen LogP contribution < -0.4 is 4.74 Å². The molecule has 0 bridgehead atoms. The van der Waals surface area contributed by atoms with Crippen LogP contribution >= 0.6 is 0 Å². The van der Waals surface area contributed by atoms with Crippen LogP contribution in [0.15, 0.2) is 42.5 Å². The molecule has 0 atom stereocenters. The Hall–Kier alpha value is -3.14. The van der Waals surface area contributed by atoms with E-state index in [0.29, 0.717) is 43.6 Å². The molecule has 0 N–H and O–H groups in total. The van der Waals surface area contributed by atoms with Crippen LogP contribution in [0.5, 0.6) is 5.75 Å². The molecule has 2 nitrogen and oxygen atoms in total. The highest BCUT2D eigenvalue weighted by molar-refractivity contribution is 5.65. The lowest BCUT2D eigenvalue weighted by atomic mass is 9.79. The summed E-state index contributed by atoms with van der Waals surface area (Å²) in [4.78, 5) is 0. The Balaban J connectivity index is 1.54. The van der Waals surface area contributed by atoms with Crippen molar-refractivity contribution in [2.24, 2.45) is 5.92 Å². The summed E-state index contributed by atoms with van der Waals surface area (Å²) in [5.74, 6) is -9.80. The minimum atomic E-state index is -4.51. The first kappa shape index (κ1) is 26.9. The van der Waals surface area contributed by atoms with Gasteiger partial charge in [-0.3, -0.25) is 0 Å². The monoisotopic (exact) mass is 530 g/mol. The molecular formula is C27H22F8O2. The molecule has 10 heteroatoms. The van der Waals surface area contributed by atoms with Gasteiger partial charge in [-0.1, -0.05) is 0 Å². The molecule has 1 saturated carbocycles. The largest absolute Gasteiger partial charge is 0.432 e. The summed E-state index contributed by atoms with van der Waals surface area (Å²) in [6, 6.07) is 4.93. The zero-order valence-corrected chi connectivity index (χ0v) is 19.6. The van der Waals surface area contributed by atoms with Gasteiger partial charge < -0.3 is 9.47 Å². The number of alkyl halides is 2. The summed E-state index contributed by atoms with van der Waals surface area (Å²) < 4.78 is 123. The highest BCUT2D eigenvalue weighted by Gasteiger charge is 2.41. The predicted octanol–water partition coefficient (Wildman–Crippen LogP) is 8.24. The van der Waals surface area contributed by atoms with Crippen LogP contribution in [0.2, 0.25) is 0 Å². The smallest absolute Gasteiger partial charge is 0.429 e. The molecule has 198 valence electrons. The third kappa shape index (κ3) is 5.74. The lowest BCUT2D eigenvalue weighted by molar-refractivity contribution is -0.189. The zero-order valence-electron chi connectivity index (χ0n) is 19.6. The van der Waals surface area contributed by atoms with Crippen LogP contribution in [0.3, 0.4) is 0 Å². The van der Waals surface area contributed by atoms with E-state index in [9.17, 15) is 35.1 Å². The van der Waals surface area contributed by atoms with Gasteiger partial charge in [-0.2, -0.15) is 8.78 Å². The van der Waals surface area contributed by atoms with Gasteiger partial charge in [0.05, 0.1) is 0 Å². The molecule has 3 aromatic carbocycles. The van der Waals surface area contributed by atoms with E-state index in [1.165, 1.54) is 0 Å². The Morgan fingerprint density at radius 2 is 1.35 bits per heavy atom. The topological polar surface area (TPSA) is 18.5 Å². The van der Waals surface area contributed by atoms with E-state index in [1.54, 1.807) is 7.11 Å². The lowest BCUT2D eigenvalue weighted by Gasteiger charge is -2.29. The number of ether oxygens (including phenoxy) is 2. The van der Waals surface area contributed by atoms with E-state index in [1.807, 2.05) is 0 Å². The van der Waals surface area contributed by atoms with Gasteiger partial charge in [-0.25, -0.2) is 26.3 Å². The molecule has 37 heavy (non-hydrogen) atoms. The number of halogens is 8. The van der Waals surface area contributed by atoms with Crippen molar-refractivity contribution in [3.63, 3.8) is 0 Å². The van der Waals surface area contributed by atoms with Gasteiger partial charge in [0.2, 0.25) is 0 Å². The molecule has 0 radical (unpaired) electrons. The fraction of sp³-hybridized carbons (Fsp3) is 0.333. The van der Waals surface area contributed by atoms with Crippen molar-refractivity contribution >= 4 is 0 Å². The first-order chi connectivity index (χ1) is 17.5. The fourth-order valence-electron chi connectivity index (χ4n) is 4.71. The Morgan fingerprint density at radius 1 is 0.757 bits per heavy atom. The van der Waals surface area contributed by atoms with Crippen molar-refractivity contribution in [2.45, 2.75) is 37.7 Å². The lowest BCUT2D eigenvalue weighted by Crippen LogP contribution is -2.26. The van der Waals surface area contributed by atoms with Crippen molar-refractivity contribution in [3.05, 3.63) is 88.5 Å². The van der Waals surface area contributed by atoms with E-state index in [-0.39, 0.29) is 11.5 Å². The van der Waals surface area contributed by atoms with Crippen molar-refractivity contribution in [2.75, 3.05) is 13.7 Å². The maximum Gasteiger partial charge on any atom is 0.432 e. The van der Waals surface area contributed by atoms with Gasteiger partial charge in [0, 0.05) is 25.3 Å². The minimum Gasteiger partial charge on any atom is -0.429 e. The predicted molar refractivity (Wildman–Crippen MR) is 119 cm³/mol. The quantitative estimate of drug-likeness (QED) is 0.226. The molecule has 0 aliphatic heterocycles. The average Bonchev–Trinajstić information content (AvgIpc) is 2.82. The molecule has 3 aromatic rings. The van der Waals surface area contributed by atoms with Crippen LogP contribution in [0.4, 0.5) is 35.1 Å². The maximum atomic E-state index is 14.8. The summed E-state index contributed by atoms with van der Waals surface area (Å²) in [6.07, 6.45) is -1.69. The molecule has 4 rings (SSSR count). The van der Waals surface area contributed by atoms with Crippen molar-refractivity contribution in [1.29, 1.82) is 0 Å². The second-order valence-corrected chi connectivity index (χ2v) is 9.05. The molecule has 1 aliphatic carbocycles. The van der Waals surface area contributed by atoms with E-state index in [2.05, 4.69) is 4.74 Å². The highest BCUT2D eigenvalue weighted by Crippen LogP contribution is 2.40. The number of benzene rings is 3. The maximum absolute atomic E-state index is 14.8. The summed E-state index contributed by atoms with van der Waals surface area (Å²) in [7, 11) is 1.59. The third-order valence-electron chi connectivity index (χ3n) is 6.56. The van der Waals surface area contributed by atoms with Crippen LogP contribution in [-0.2, 0) is 10.8 Å². The van der Waals surface area contributed by atoms with E-state index in [0.717, 1.165) is 37.1 Å². The molecular weight excluding hydrogens is 508 g/mol. The Morgan fingerprint density at radius 3 is 1.89 bits per heavy atom. The van der Waals surface area contributed by atoms with Gasteiger partial charge in [-0.15, -0.1) is 0 Å². The standard InChI is InChI=1S/C27H22F8O2/c1-36-13-14-2-4-15(5-3-14)16-8-21(29)25(22(30)9-16)27(34,35)37-18-6-7-19(20(28)12-18)17-10-23(31)26(33)24(32)11-17/h6-12,14-15H,2-5,13H2,1H3. The minimum absolute atomic E-state index is 0.191. The molecule has 0 saturated heterocycles. The fourth-order valence-corrected chi connectivity index (χ4v) is 4.71. The number of rotatable bonds is 7. The summed E-state index contributed by atoms with van der Waals surface area (Å²) in [6.45, 7) is 0.581. The molecule has 0 spiro atoms. The van der Waals surface area contributed by atoms with Crippen LogP contribution in [-0.4, -0.2) is 13.7 Å². The highest BCUT2D eigenvalue weighted by atomic mass is 19.3. The van der Waals surface area contributed by atoms with Gasteiger partial charge in [0.15, 0.2) is 17.5 Å². The number of hydrogen-bond donors (Lipinski definition) is 0.